The summed E-state index contributed by atoms with van der Waals surface area (Å²) in [7, 11) is 0. The van der Waals surface area contributed by atoms with Gasteiger partial charge in [0.15, 0.2) is 0 Å². The van der Waals surface area contributed by atoms with Crippen LogP contribution in [0.15, 0.2) is 65.5 Å². The van der Waals surface area contributed by atoms with E-state index in [0.717, 1.165) is 37.4 Å². The third-order valence-corrected chi connectivity index (χ3v) is 6.10. The van der Waals surface area contributed by atoms with Crippen LogP contribution in [0.4, 0.5) is 10.1 Å². The summed E-state index contributed by atoms with van der Waals surface area (Å²) >= 11 is 0. The summed E-state index contributed by atoms with van der Waals surface area (Å²) in [6, 6.07) is 17.7. The van der Waals surface area contributed by atoms with Gasteiger partial charge >= 0.3 is 0 Å². The summed E-state index contributed by atoms with van der Waals surface area (Å²) < 4.78 is 15.3. The molecule has 2 heterocycles. The molecule has 5 nitrogen and oxygen atoms in total. The van der Waals surface area contributed by atoms with Crippen LogP contribution in [-0.4, -0.2) is 40.8 Å². The van der Waals surface area contributed by atoms with Crippen LogP contribution >= 0.6 is 0 Å². The van der Waals surface area contributed by atoms with Gasteiger partial charge in [-0.25, -0.2) is 4.39 Å². The second-order valence-corrected chi connectivity index (χ2v) is 7.95. The van der Waals surface area contributed by atoms with Crippen molar-refractivity contribution in [2.75, 3.05) is 31.1 Å². The Morgan fingerprint density at radius 2 is 1.65 bits per heavy atom. The lowest BCUT2D eigenvalue weighted by atomic mass is 9.96. The number of nitrogens with zero attached hydrogens (tertiary/aromatic N) is 3. The van der Waals surface area contributed by atoms with Crippen molar-refractivity contribution in [1.82, 2.24) is 9.47 Å². The number of hydrogen-bond acceptors (Lipinski definition) is 4. The Kier molecular flexibility index (Phi) is 6.09. The molecule has 0 radical (unpaired) electrons. The molecule has 1 saturated heterocycles. The molecule has 0 unspecified atom stereocenters. The molecule has 4 rings (SSSR count). The average Bonchev–Trinajstić information content (AvgIpc) is 2.78. The maximum atomic E-state index is 13.6. The van der Waals surface area contributed by atoms with Crippen molar-refractivity contribution >= 4 is 5.69 Å². The first kappa shape index (κ1) is 21.1. The van der Waals surface area contributed by atoms with Crippen molar-refractivity contribution in [2.45, 2.75) is 26.4 Å². The molecule has 1 atom stereocenters. The van der Waals surface area contributed by atoms with Crippen molar-refractivity contribution in [3.63, 3.8) is 0 Å². The number of rotatable bonds is 5. The van der Waals surface area contributed by atoms with E-state index in [2.05, 4.69) is 21.9 Å². The Bertz CT molecular complexity index is 1090. The predicted molar refractivity (Wildman–Crippen MR) is 121 cm³/mol. The molecule has 31 heavy (non-hydrogen) atoms. The Morgan fingerprint density at radius 1 is 1.00 bits per heavy atom. The quantitative estimate of drug-likeness (QED) is 0.678. The van der Waals surface area contributed by atoms with Gasteiger partial charge in [0.2, 0.25) is 0 Å². The molecule has 0 saturated carbocycles. The minimum atomic E-state index is -0.440. The summed E-state index contributed by atoms with van der Waals surface area (Å²) in [6.45, 7) is 7.30. The molecular weight excluding hydrogens is 393 g/mol. The van der Waals surface area contributed by atoms with Crippen LogP contribution in [0.25, 0.3) is 0 Å². The van der Waals surface area contributed by atoms with Gasteiger partial charge in [-0.3, -0.25) is 9.69 Å². The van der Waals surface area contributed by atoms with Crippen molar-refractivity contribution in [2.24, 2.45) is 0 Å². The van der Waals surface area contributed by atoms with Gasteiger partial charge < -0.3 is 14.6 Å². The fourth-order valence-corrected chi connectivity index (χ4v) is 4.50. The second-order valence-electron chi connectivity index (χ2n) is 7.95. The lowest BCUT2D eigenvalue weighted by Gasteiger charge is -2.40. The summed E-state index contributed by atoms with van der Waals surface area (Å²) in [4.78, 5) is 17.9. The monoisotopic (exact) mass is 421 g/mol. The number of aryl methyl sites for hydroxylation is 1. The van der Waals surface area contributed by atoms with E-state index in [1.165, 1.54) is 17.8 Å². The van der Waals surface area contributed by atoms with E-state index < -0.39 is 6.04 Å². The molecule has 1 N–H and O–H groups in total. The minimum absolute atomic E-state index is 0.00739. The average molecular weight is 422 g/mol. The van der Waals surface area contributed by atoms with E-state index in [0.29, 0.717) is 12.1 Å². The number of para-hydroxylation sites is 1. The number of aromatic hydroxyl groups is 1. The Balaban J connectivity index is 1.72. The highest BCUT2D eigenvalue weighted by Crippen LogP contribution is 2.33. The van der Waals surface area contributed by atoms with E-state index in [9.17, 15) is 14.3 Å². The molecule has 1 aliphatic rings. The van der Waals surface area contributed by atoms with Gasteiger partial charge in [0.05, 0.1) is 11.6 Å². The van der Waals surface area contributed by atoms with E-state index >= 15 is 0 Å². The van der Waals surface area contributed by atoms with Crippen molar-refractivity contribution in [3.8, 4) is 5.75 Å². The van der Waals surface area contributed by atoms with Gasteiger partial charge in [0.1, 0.15) is 11.6 Å². The Morgan fingerprint density at radius 3 is 2.26 bits per heavy atom. The first-order valence-electron chi connectivity index (χ1n) is 10.7. The summed E-state index contributed by atoms with van der Waals surface area (Å²) in [6.07, 6.45) is 0. The summed E-state index contributed by atoms with van der Waals surface area (Å²) in [5, 5.41) is 10.8. The Labute approximate surface area is 182 Å². The topological polar surface area (TPSA) is 48.7 Å². The highest BCUT2D eigenvalue weighted by atomic mass is 19.1. The third kappa shape index (κ3) is 4.21. The molecule has 1 fully saturated rings. The predicted octanol–water partition coefficient (Wildman–Crippen LogP) is 3.93. The maximum Gasteiger partial charge on any atom is 0.259 e. The number of benzene rings is 2. The van der Waals surface area contributed by atoms with Crippen LogP contribution in [0, 0.1) is 12.7 Å². The molecule has 3 aromatic rings. The fraction of sp³-hybridized carbons (Fsp3) is 0.320. The zero-order chi connectivity index (χ0) is 22.0. The van der Waals surface area contributed by atoms with Crippen LogP contribution in [0.2, 0.25) is 0 Å². The highest BCUT2D eigenvalue weighted by molar-refractivity contribution is 5.47. The second kappa shape index (κ2) is 8.94. The van der Waals surface area contributed by atoms with E-state index in [1.807, 2.05) is 32.0 Å². The van der Waals surface area contributed by atoms with Gasteiger partial charge in [-0.05, 0) is 49.7 Å². The molecule has 0 spiro atoms. The highest BCUT2D eigenvalue weighted by Gasteiger charge is 2.31. The van der Waals surface area contributed by atoms with Crippen LogP contribution in [0.5, 0.6) is 5.75 Å². The van der Waals surface area contributed by atoms with Crippen molar-refractivity contribution in [3.05, 3.63) is 93.7 Å². The lowest BCUT2D eigenvalue weighted by Crippen LogP contribution is -2.49. The minimum Gasteiger partial charge on any atom is -0.507 e. The molecule has 2 aromatic carbocycles. The lowest BCUT2D eigenvalue weighted by molar-refractivity contribution is 0.207. The van der Waals surface area contributed by atoms with Crippen LogP contribution in [-0.2, 0) is 6.54 Å². The normalized spacial score (nSPS) is 15.8. The van der Waals surface area contributed by atoms with Gasteiger partial charge in [-0.2, -0.15) is 0 Å². The number of hydrogen-bond donors (Lipinski definition) is 1. The zero-order valence-electron chi connectivity index (χ0n) is 18.0. The summed E-state index contributed by atoms with van der Waals surface area (Å²) in [5.41, 5.74) is 2.85. The molecule has 0 bridgehead atoms. The first-order chi connectivity index (χ1) is 15.0. The molecule has 1 aliphatic heterocycles. The standard InChI is InChI=1S/C25H28FN3O2/c1-3-29-18(2)17-22(30)23(25(29)31)24(19-9-11-20(26)12-10-19)28-15-13-27(14-16-28)21-7-5-4-6-8-21/h4-12,17,24,30H,3,13-16H2,1-2H3/t24-/m1/s1. The SMILES string of the molecule is CCn1c(C)cc(O)c([C@@H](c2ccc(F)cc2)N2CCN(c3ccccc3)CC2)c1=O. The molecule has 162 valence electrons. The van der Waals surface area contributed by atoms with Crippen LogP contribution in [0.1, 0.15) is 29.8 Å². The first-order valence-corrected chi connectivity index (χ1v) is 10.7. The van der Waals surface area contributed by atoms with Gasteiger partial charge in [0.25, 0.3) is 5.56 Å². The number of piperazine rings is 1. The van der Waals surface area contributed by atoms with E-state index in [-0.39, 0.29) is 17.1 Å². The van der Waals surface area contributed by atoms with Gasteiger partial charge in [-0.1, -0.05) is 30.3 Å². The van der Waals surface area contributed by atoms with Crippen LogP contribution < -0.4 is 10.5 Å². The molecule has 0 aliphatic carbocycles. The molecule has 6 heteroatoms. The van der Waals surface area contributed by atoms with Crippen molar-refractivity contribution in [1.29, 1.82) is 0 Å². The van der Waals surface area contributed by atoms with Crippen LogP contribution in [0.3, 0.4) is 0 Å². The van der Waals surface area contributed by atoms with E-state index in [1.54, 1.807) is 22.8 Å². The maximum absolute atomic E-state index is 13.6. The fourth-order valence-electron chi connectivity index (χ4n) is 4.50. The molecule has 1 aromatic heterocycles. The molecule has 0 amide bonds. The summed E-state index contributed by atoms with van der Waals surface area (Å²) in [5.74, 6) is -0.331. The number of anilines is 1. The largest absolute Gasteiger partial charge is 0.507 e. The number of pyridine rings is 1. The third-order valence-electron chi connectivity index (χ3n) is 6.10. The molecular formula is C25H28FN3O2. The van der Waals surface area contributed by atoms with E-state index in [4.69, 9.17) is 0 Å². The van der Waals surface area contributed by atoms with Gasteiger partial charge in [0, 0.05) is 44.1 Å². The number of aromatic nitrogens is 1. The Hall–Kier alpha value is -3.12. The smallest absolute Gasteiger partial charge is 0.259 e. The van der Waals surface area contributed by atoms with Crippen molar-refractivity contribution < 1.29 is 9.50 Å². The number of halogens is 1. The van der Waals surface area contributed by atoms with Gasteiger partial charge in [-0.15, -0.1) is 0 Å². The zero-order valence-corrected chi connectivity index (χ0v) is 18.0.